The molecule has 1 aliphatic carbocycles. The number of allylic oxidation sites excluding steroid dienone is 2. The van der Waals surface area contributed by atoms with Crippen LogP contribution in [0.2, 0.25) is 0 Å². The van der Waals surface area contributed by atoms with E-state index in [1.807, 2.05) is 0 Å². The van der Waals surface area contributed by atoms with Crippen molar-refractivity contribution in [2.75, 3.05) is 0 Å². The van der Waals surface area contributed by atoms with Gasteiger partial charge in [0, 0.05) is 0 Å². The van der Waals surface area contributed by atoms with E-state index in [9.17, 15) is 4.79 Å². The van der Waals surface area contributed by atoms with E-state index in [2.05, 4.69) is 6.92 Å². The van der Waals surface area contributed by atoms with Crippen LogP contribution in [0.3, 0.4) is 0 Å². The van der Waals surface area contributed by atoms with Crippen molar-refractivity contribution in [3.05, 3.63) is 11.6 Å². The fourth-order valence-electron chi connectivity index (χ4n) is 1.55. The van der Waals surface area contributed by atoms with Crippen molar-refractivity contribution in [3.8, 4) is 0 Å². The van der Waals surface area contributed by atoms with E-state index < -0.39 is 0 Å². The van der Waals surface area contributed by atoms with Crippen molar-refractivity contribution in [2.24, 2.45) is 5.92 Å². The zero-order chi connectivity index (χ0) is 7.40. The zero-order valence-corrected chi connectivity index (χ0v) is 6.47. The third kappa shape index (κ3) is 1.69. The van der Waals surface area contributed by atoms with Crippen molar-refractivity contribution < 1.29 is 4.79 Å². The minimum Gasteiger partial charge on any atom is -0.299 e. The summed E-state index contributed by atoms with van der Waals surface area (Å²) in [6, 6.07) is 0. The molecule has 1 heteroatoms. The van der Waals surface area contributed by atoms with Crippen LogP contribution in [0.25, 0.3) is 0 Å². The Labute approximate surface area is 62.1 Å². The summed E-state index contributed by atoms with van der Waals surface area (Å²) in [4.78, 5) is 10.1. The highest BCUT2D eigenvalue weighted by Gasteiger charge is 2.12. The fourth-order valence-corrected chi connectivity index (χ4v) is 1.55. The Kier molecular flexibility index (Phi) is 2.67. The second kappa shape index (κ2) is 3.55. The van der Waals surface area contributed by atoms with E-state index in [1.165, 1.54) is 24.8 Å². The highest BCUT2D eigenvalue weighted by molar-refractivity contribution is 5.66. The maximum atomic E-state index is 10.1. The summed E-state index contributed by atoms with van der Waals surface area (Å²) >= 11 is 0. The van der Waals surface area contributed by atoms with Gasteiger partial charge in [0.1, 0.15) is 6.29 Å². The van der Waals surface area contributed by atoms with E-state index in [4.69, 9.17) is 0 Å². The largest absolute Gasteiger partial charge is 0.299 e. The summed E-state index contributed by atoms with van der Waals surface area (Å²) in [6.07, 6.45) is 7.65. The number of carbonyl (C=O) groups excluding carboxylic acids is 1. The molecule has 1 fully saturated rings. The molecule has 0 aromatic rings. The van der Waals surface area contributed by atoms with Gasteiger partial charge < -0.3 is 0 Å². The molecule has 0 amide bonds. The van der Waals surface area contributed by atoms with Gasteiger partial charge in [0.25, 0.3) is 0 Å². The molecule has 56 valence electrons. The van der Waals surface area contributed by atoms with Gasteiger partial charge in [-0.1, -0.05) is 18.9 Å². The van der Waals surface area contributed by atoms with Crippen LogP contribution < -0.4 is 0 Å². The molecule has 0 saturated heterocycles. The van der Waals surface area contributed by atoms with Crippen molar-refractivity contribution in [1.29, 1.82) is 0 Å². The van der Waals surface area contributed by atoms with Crippen molar-refractivity contribution in [1.82, 2.24) is 0 Å². The molecular weight excluding hydrogens is 124 g/mol. The molecule has 0 radical (unpaired) electrons. The van der Waals surface area contributed by atoms with Crippen LogP contribution in [-0.4, -0.2) is 6.29 Å². The summed E-state index contributed by atoms with van der Waals surface area (Å²) in [5, 5.41) is 0. The van der Waals surface area contributed by atoms with Gasteiger partial charge in [-0.15, -0.1) is 0 Å². The molecule has 0 aromatic heterocycles. The summed E-state index contributed by atoms with van der Waals surface area (Å²) in [6.45, 7) is 2.20. The second-order valence-corrected chi connectivity index (χ2v) is 3.02. The minimum absolute atomic E-state index is 0.652. The van der Waals surface area contributed by atoms with Crippen molar-refractivity contribution in [2.45, 2.75) is 32.6 Å². The van der Waals surface area contributed by atoms with E-state index in [0.29, 0.717) is 5.92 Å². The van der Waals surface area contributed by atoms with Gasteiger partial charge in [-0.2, -0.15) is 0 Å². The lowest BCUT2D eigenvalue weighted by atomic mass is 9.85. The van der Waals surface area contributed by atoms with Crippen LogP contribution in [0, 0.1) is 5.92 Å². The van der Waals surface area contributed by atoms with Gasteiger partial charge in [-0.3, -0.25) is 4.79 Å². The normalized spacial score (nSPS) is 30.5. The molecular formula is C9H14O. The standard InChI is InChI=1S/C9H14O/c1-8-4-2-3-5-9(8)6-7-10/h6-8H,2-5H2,1H3/b9-6-/t8-/m1/s1. The summed E-state index contributed by atoms with van der Waals surface area (Å²) in [5.41, 5.74) is 1.35. The molecule has 1 atom stereocenters. The van der Waals surface area contributed by atoms with Gasteiger partial charge in [0.2, 0.25) is 0 Å². The molecule has 10 heavy (non-hydrogen) atoms. The Bertz CT molecular complexity index is 147. The van der Waals surface area contributed by atoms with Crippen LogP contribution in [0.15, 0.2) is 11.6 Å². The van der Waals surface area contributed by atoms with E-state index in [-0.39, 0.29) is 0 Å². The summed E-state index contributed by atoms with van der Waals surface area (Å²) < 4.78 is 0. The van der Waals surface area contributed by atoms with Gasteiger partial charge in [0.05, 0.1) is 0 Å². The first kappa shape index (κ1) is 7.52. The van der Waals surface area contributed by atoms with Crippen LogP contribution in [-0.2, 0) is 4.79 Å². The van der Waals surface area contributed by atoms with E-state index >= 15 is 0 Å². The number of carbonyl (C=O) groups is 1. The Morgan fingerprint density at radius 2 is 2.30 bits per heavy atom. The van der Waals surface area contributed by atoms with Crippen molar-refractivity contribution >= 4 is 6.29 Å². The molecule has 0 N–H and O–H groups in total. The minimum atomic E-state index is 0.652. The molecule has 1 nitrogen and oxygen atoms in total. The molecule has 1 aliphatic rings. The number of rotatable bonds is 1. The van der Waals surface area contributed by atoms with Gasteiger partial charge in [-0.25, -0.2) is 0 Å². The molecule has 1 rings (SSSR count). The average Bonchev–Trinajstić information content (AvgIpc) is 1.94. The Morgan fingerprint density at radius 1 is 1.50 bits per heavy atom. The maximum absolute atomic E-state index is 10.1. The quantitative estimate of drug-likeness (QED) is 0.401. The first-order valence-electron chi connectivity index (χ1n) is 3.99. The number of hydrogen-bond acceptors (Lipinski definition) is 1. The molecule has 0 heterocycles. The summed E-state index contributed by atoms with van der Waals surface area (Å²) in [5.74, 6) is 0.652. The molecule has 0 spiro atoms. The lowest BCUT2D eigenvalue weighted by Crippen LogP contribution is -2.05. The topological polar surface area (TPSA) is 17.1 Å². The molecule has 1 saturated carbocycles. The van der Waals surface area contributed by atoms with Crippen LogP contribution in [0.5, 0.6) is 0 Å². The SMILES string of the molecule is C[C@@H]1CCCC/C1=C/C=O. The summed E-state index contributed by atoms with van der Waals surface area (Å²) in [7, 11) is 0. The van der Waals surface area contributed by atoms with Crippen LogP contribution >= 0.6 is 0 Å². The van der Waals surface area contributed by atoms with Crippen LogP contribution in [0.4, 0.5) is 0 Å². The van der Waals surface area contributed by atoms with Crippen LogP contribution in [0.1, 0.15) is 32.6 Å². The van der Waals surface area contributed by atoms with E-state index in [1.54, 1.807) is 6.08 Å². The molecule has 0 bridgehead atoms. The van der Waals surface area contributed by atoms with Gasteiger partial charge in [0.15, 0.2) is 0 Å². The number of hydrogen-bond donors (Lipinski definition) is 0. The van der Waals surface area contributed by atoms with Gasteiger partial charge >= 0.3 is 0 Å². The molecule has 0 unspecified atom stereocenters. The smallest absolute Gasteiger partial charge is 0.142 e. The zero-order valence-electron chi connectivity index (χ0n) is 6.47. The average molecular weight is 138 g/mol. The molecule has 0 aromatic carbocycles. The maximum Gasteiger partial charge on any atom is 0.142 e. The van der Waals surface area contributed by atoms with E-state index in [0.717, 1.165) is 12.7 Å². The highest BCUT2D eigenvalue weighted by Crippen LogP contribution is 2.27. The van der Waals surface area contributed by atoms with Crippen molar-refractivity contribution in [3.63, 3.8) is 0 Å². The van der Waals surface area contributed by atoms with Gasteiger partial charge in [-0.05, 0) is 31.3 Å². The third-order valence-corrected chi connectivity index (χ3v) is 2.27. The monoisotopic (exact) mass is 138 g/mol. The lowest BCUT2D eigenvalue weighted by Gasteiger charge is -2.20. The Morgan fingerprint density at radius 3 is 2.90 bits per heavy atom. The number of aldehydes is 1. The molecule has 0 aliphatic heterocycles. The Balaban J connectivity index is 2.55. The fraction of sp³-hybridized carbons (Fsp3) is 0.667. The first-order valence-corrected chi connectivity index (χ1v) is 3.99. The predicted octanol–water partition coefficient (Wildman–Crippen LogP) is 2.32. The third-order valence-electron chi connectivity index (χ3n) is 2.27. The second-order valence-electron chi connectivity index (χ2n) is 3.02. The Hall–Kier alpha value is -0.590. The first-order chi connectivity index (χ1) is 4.84. The highest BCUT2D eigenvalue weighted by atomic mass is 16.1. The lowest BCUT2D eigenvalue weighted by molar-refractivity contribution is -0.104. The predicted molar refractivity (Wildman–Crippen MR) is 41.8 cm³/mol.